The molecule has 1 aliphatic heterocycles. The van der Waals surface area contributed by atoms with Gasteiger partial charge in [-0.15, -0.1) is 0 Å². The topological polar surface area (TPSA) is 78.6 Å². The molecule has 0 bridgehead atoms. The predicted molar refractivity (Wildman–Crippen MR) is 77.5 cm³/mol. The SMILES string of the molecule is NCc1ccccc1OCCS(=O)(=O)C1CCOCC1. The molecule has 2 rings (SSSR count). The average molecular weight is 299 g/mol. The maximum atomic E-state index is 12.2. The first kappa shape index (κ1) is 15.3. The van der Waals surface area contributed by atoms with Crippen molar-refractivity contribution < 1.29 is 17.9 Å². The number of ether oxygens (including phenoxy) is 2. The van der Waals surface area contributed by atoms with Gasteiger partial charge >= 0.3 is 0 Å². The molecule has 0 spiro atoms. The first-order valence-electron chi connectivity index (χ1n) is 6.83. The lowest BCUT2D eigenvalue weighted by atomic mass is 10.2. The van der Waals surface area contributed by atoms with Crippen LogP contribution in [0.4, 0.5) is 0 Å². The highest BCUT2D eigenvalue weighted by molar-refractivity contribution is 7.92. The average Bonchev–Trinajstić information content (AvgIpc) is 2.48. The Bertz CT molecular complexity index is 524. The van der Waals surface area contributed by atoms with Crippen LogP contribution in [0.15, 0.2) is 24.3 Å². The summed E-state index contributed by atoms with van der Waals surface area (Å²) in [6.45, 7) is 1.60. The molecule has 0 saturated carbocycles. The van der Waals surface area contributed by atoms with E-state index in [0.717, 1.165) is 5.56 Å². The normalized spacial score (nSPS) is 17.1. The van der Waals surface area contributed by atoms with Crippen LogP contribution in [0.5, 0.6) is 5.75 Å². The number of para-hydroxylation sites is 1. The number of benzene rings is 1. The van der Waals surface area contributed by atoms with E-state index in [1.807, 2.05) is 24.3 Å². The standard InChI is InChI=1S/C14H21NO4S/c15-11-12-3-1-2-4-14(12)19-9-10-20(16,17)13-5-7-18-8-6-13/h1-4,13H,5-11,15H2. The van der Waals surface area contributed by atoms with Gasteiger partial charge in [0.15, 0.2) is 9.84 Å². The maximum absolute atomic E-state index is 12.2. The highest BCUT2D eigenvalue weighted by Gasteiger charge is 2.27. The van der Waals surface area contributed by atoms with E-state index in [1.165, 1.54) is 0 Å². The van der Waals surface area contributed by atoms with E-state index in [-0.39, 0.29) is 17.6 Å². The molecule has 2 N–H and O–H groups in total. The molecule has 1 saturated heterocycles. The summed E-state index contributed by atoms with van der Waals surface area (Å²) in [5.41, 5.74) is 6.50. The van der Waals surface area contributed by atoms with Gasteiger partial charge in [-0.25, -0.2) is 8.42 Å². The summed E-state index contributed by atoms with van der Waals surface area (Å²) in [5, 5.41) is -0.287. The van der Waals surface area contributed by atoms with E-state index in [4.69, 9.17) is 15.2 Å². The van der Waals surface area contributed by atoms with Crippen molar-refractivity contribution in [3.8, 4) is 5.75 Å². The summed E-state index contributed by atoms with van der Waals surface area (Å²) in [5.74, 6) is 0.702. The molecule has 0 atom stereocenters. The Labute approximate surface area is 120 Å². The highest BCUT2D eigenvalue weighted by Crippen LogP contribution is 2.19. The number of rotatable bonds is 6. The van der Waals surface area contributed by atoms with Crippen LogP contribution >= 0.6 is 0 Å². The van der Waals surface area contributed by atoms with Gasteiger partial charge in [-0.3, -0.25) is 0 Å². The number of hydrogen-bond acceptors (Lipinski definition) is 5. The van der Waals surface area contributed by atoms with Crippen LogP contribution in [0.3, 0.4) is 0 Å². The second-order valence-corrected chi connectivity index (χ2v) is 7.24. The molecule has 0 radical (unpaired) electrons. The summed E-state index contributed by atoms with van der Waals surface area (Å²) >= 11 is 0. The Hall–Kier alpha value is -1.11. The molecule has 6 heteroatoms. The third kappa shape index (κ3) is 3.94. The van der Waals surface area contributed by atoms with Crippen LogP contribution < -0.4 is 10.5 Å². The first-order chi connectivity index (χ1) is 9.63. The van der Waals surface area contributed by atoms with Gasteiger partial charge < -0.3 is 15.2 Å². The van der Waals surface area contributed by atoms with Crippen LogP contribution in [0.2, 0.25) is 0 Å². The molecule has 1 fully saturated rings. The Morgan fingerprint density at radius 2 is 1.95 bits per heavy atom. The lowest BCUT2D eigenvalue weighted by molar-refractivity contribution is 0.0983. The summed E-state index contributed by atoms with van der Waals surface area (Å²) in [6, 6.07) is 7.42. The first-order valence-corrected chi connectivity index (χ1v) is 8.55. The van der Waals surface area contributed by atoms with Gasteiger partial charge in [0.05, 0.1) is 11.0 Å². The quantitative estimate of drug-likeness (QED) is 0.851. The van der Waals surface area contributed by atoms with Crippen LogP contribution in [0.25, 0.3) is 0 Å². The summed E-state index contributed by atoms with van der Waals surface area (Å²) in [6.07, 6.45) is 1.17. The third-order valence-corrected chi connectivity index (χ3v) is 5.72. The van der Waals surface area contributed by atoms with Gasteiger partial charge in [0.1, 0.15) is 12.4 Å². The Balaban J connectivity index is 1.88. The van der Waals surface area contributed by atoms with Crippen molar-refractivity contribution in [2.24, 2.45) is 5.73 Å². The molecule has 1 heterocycles. The Morgan fingerprint density at radius 1 is 1.25 bits per heavy atom. The minimum Gasteiger partial charge on any atom is -0.492 e. The maximum Gasteiger partial charge on any atom is 0.156 e. The van der Waals surface area contributed by atoms with Gasteiger partial charge in [0, 0.05) is 25.3 Å². The molecule has 112 valence electrons. The van der Waals surface area contributed by atoms with Gasteiger partial charge in [-0.1, -0.05) is 18.2 Å². The van der Waals surface area contributed by atoms with Gasteiger partial charge in [0.2, 0.25) is 0 Å². The molecular formula is C14H21NO4S. The van der Waals surface area contributed by atoms with Crippen molar-refractivity contribution >= 4 is 9.84 Å². The van der Waals surface area contributed by atoms with E-state index in [1.54, 1.807) is 0 Å². The fraction of sp³-hybridized carbons (Fsp3) is 0.571. The van der Waals surface area contributed by atoms with E-state index >= 15 is 0 Å². The second kappa shape index (κ2) is 7.06. The van der Waals surface area contributed by atoms with Crippen LogP contribution in [-0.2, 0) is 21.1 Å². The number of sulfone groups is 1. The van der Waals surface area contributed by atoms with E-state index < -0.39 is 9.84 Å². The van der Waals surface area contributed by atoms with Crippen molar-refractivity contribution in [2.45, 2.75) is 24.6 Å². The molecule has 20 heavy (non-hydrogen) atoms. The van der Waals surface area contributed by atoms with E-state index in [2.05, 4.69) is 0 Å². The van der Waals surface area contributed by atoms with Crippen molar-refractivity contribution in [3.05, 3.63) is 29.8 Å². The summed E-state index contributed by atoms with van der Waals surface area (Å²) < 4.78 is 35.1. The number of hydrogen-bond donors (Lipinski definition) is 1. The van der Waals surface area contributed by atoms with Crippen molar-refractivity contribution in [1.29, 1.82) is 0 Å². The molecule has 0 unspecified atom stereocenters. The smallest absolute Gasteiger partial charge is 0.156 e. The zero-order chi connectivity index (χ0) is 14.4. The zero-order valence-corrected chi connectivity index (χ0v) is 12.3. The van der Waals surface area contributed by atoms with Gasteiger partial charge in [0.25, 0.3) is 0 Å². The van der Waals surface area contributed by atoms with Gasteiger partial charge in [-0.05, 0) is 18.9 Å². The molecule has 1 aromatic rings. The molecule has 0 amide bonds. The summed E-state index contributed by atoms with van der Waals surface area (Å²) in [7, 11) is -3.11. The minimum atomic E-state index is -3.11. The summed E-state index contributed by atoms with van der Waals surface area (Å²) in [4.78, 5) is 0. The predicted octanol–water partition coefficient (Wildman–Crippen LogP) is 1.12. The monoisotopic (exact) mass is 299 g/mol. The lowest BCUT2D eigenvalue weighted by Crippen LogP contribution is -2.32. The molecule has 0 aliphatic carbocycles. The second-order valence-electron chi connectivity index (χ2n) is 4.84. The van der Waals surface area contributed by atoms with Gasteiger partial charge in [-0.2, -0.15) is 0 Å². The van der Waals surface area contributed by atoms with Crippen molar-refractivity contribution in [3.63, 3.8) is 0 Å². The molecule has 1 aliphatic rings. The molecule has 5 nitrogen and oxygen atoms in total. The Kier molecular flexibility index (Phi) is 5.39. The molecule has 1 aromatic carbocycles. The Morgan fingerprint density at radius 3 is 2.65 bits per heavy atom. The molecule has 0 aromatic heterocycles. The zero-order valence-electron chi connectivity index (χ0n) is 11.5. The minimum absolute atomic E-state index is 0.0383. The van der Waals surface area contributed by atoms with Crippen LogP contribution in [0, 0.1) is 0 Å². The molecular weight excluding hydrogens is 278 g/mol. The largest absolute Gasteiger partial charge is 0.492 e. The van der Waals surface area contributed by atoms with Crippen molar-refractivity contribution in [1.82, 2.24) is 0 Å². The van der Waals surface area contributed by atoms with Crippen molar-refractivity contribution in [2.75, 3.05) is 25.6 Å². The fourth-order valence-corrected chi connectivity index (χ4v) is 3.84. The van der Waals surface area contributed by atoms with Crippen LogP contribution in [0.1, 0.15) is 18.4 Å². The fourth-order valence-electron chi connectivity index (χ4n) is 2.28. The van der Waals surface area contributed by atoms with Crippen LogP contribution in [-0.4, -0.2) is 39.2 Å². The van der Waals surface area contributed by atoms with E-state index in [0.29, 0.717) is 38.3 Å². The lowest BCUT2D eigenvalue weighted by Gasteiger charge is -2.22. The third-order valence-electron chi connectivity index (χ3n) is 3.49. The number of nitrogens with two attached hydrogens (primary N) is 1. The highest BCUT2D eigenvalue weighted by atomic mass is 32.2. The van der Waals surface area contributed by atoms with E-state index in [9.17, 15) is 8.42 Å².